The number of carbonyl (C=O) groups excluding carboxylic acids is 1. The number of aromatic nitrogens is 2. The fraction of sp³-hybridized carbons (Fsp3) is 0.138. The third-order valence-corrected chi connectivity index (χ3v) is 6.14. The average Bonchev–Trinajstić information content (AvgIpc) is 2.95. The number of nitrogens with zero attached hydrogens (tertiary/aromatic N) is 4. The first-order valence-corrected chi connectivity index (χ1v) is 12.2. The van der Waals surface area contributed by atoms with Crippen LogP contribution >= 0.6 is 0 Å². The zero-order valence-electron chi connectivity index (χ0n) is 22.0. The topological polar surface area (TPSA) is 130 Å². The lowest BCUT2D eigenvalue weighted by molar-refractivity contribution is -0.106. The number of rotatable bonds is 9. The normalized spacial score (nSPS) is 12.0. The molecule has 0 fully saturated rings. The van der Waals surface area contributed by atoms with Gasteiger partial charge in [-0.3, -0.25) is 15.1 Å². The predicted octanol–water partition coefficient (Wildman–Crippen LogP) is 5.26. The Balaban J connectivity index is 1.79. The SMILES string of the molecule is COc1ccc(C(=N)c2c(N)ncnc2NC(C)C(=Nc2ccccc2C)N(C=O)c2ccccc2)c(F)c1F. The maximum atomic E-state index is 14.9. The quantitative estimate of drug-likeness (QED) is 0.150. The molecule has 4 aromatic rings. The van der Waals surface area contributed by atoms with E-state index in [9.17, 15) is 13.6 Å². The van der Waals surface area contributed by atoms with Gasteiger partial charge < -0.3 is 15.8 Å². The second-order valence-corrected chi connectivity index (χ2v) is 8.73. The lowest BCUT2D eigenvalue weighted by atomic mass is 10.0. The molecule has 3 aromatic carbocycles. The summed E-state index contributed by atoms with van der Waals surface area (Å²) in [6.07, 6.45) is 1.83. The van der Waals surface area contributed by atoms with Gasteiger partial charge in [0.1, 0.15) is 23.8 Å². The van der Waals surface area contributed by atoms with Crippen molar-refractivity contribution < 1.29 is 18.3 Å². The molecule has 1 unspecified atom stereocenters. The molecule has 0 saturated heterocycles. The number of para-hydroxylation sites is 2. The Bertz CT molecular complexity index is 1580. The van der Waals surface area contributed by atoms with E-state index in [1.165, 1.54) is 30.5 Å². The van der Waals surface area contributed by atoms with Crippen LogP contribution in [-0.2, 0) is 4.79 Å². The first-order valence-electron chi connectivity index (χ1n) is 12.2. The van der Waals surface area contributed by atoms with Crippen molar-refractivity contribution in [3.05, 3.63) is 101 Å². The highest BCUT2D eigenvalue weighted by Crippen LogP contribution is 2.29. The van der Waals surface area contributed by atoms with Crippen LogP contribution < -0.4 is 20.7 Å². The van der Waals surface area contributed by atoms with E-state index in [4.69, 9.17) is 20.9 Å². The highest BCUT2D eigenvalue weighted by atomic mass is 19.2. The van der Waals surface area contributed by atoms with Gasteiger partial charge in [0, 0.05) is 11.3 Å². The van der Waals surface area contributed by atoms with Gasteiger partial charge in [-0.15, -0.1) is 0 Å². The molecule has 0 saturated carbocycles. The number of aliphatic imine (C=N–C) groups is 1. The highest BCUT2D eigenvalue weighted by molar-refractivity contribution is 6.17. The summed E-state index contributed by atoms with van der Waals surface area (Å²) in [7, 11) is 1.21. The summed E-state index contributed by atoms with van der Waals surface area (Å²) in [4.78, 5) is 26.7. The van der Waals surface area contributed by atoms with Crippen LogP contribution in [0.25, 0.3) is 0 Å². The van der Waals surface area contributed by atoms with E-state index in [0.29, 0.717) is 23.6 Å². The van der Waals surface area contributed by atoms with Gasteiger partial charge in [-0.2, -0.15) is 4.39 Å². The number of nitrogen functional groups attached to an aromatic ring is 1. The second kappa shape index (κ2) is 12.1. The Labute approximate surface area is 229 Å². The number of benzene rings is 3. The number of carbonyl (C=O) groups is 1. The molecule has 0 bridgehead atoms. The molecule has 4 N–H and O–H groups in total. The van der Waals surface area contributed by atoms with E-state index in [1.54, 1.807) is 31.2 Å². The number of nitrogens with one attached hydrogen (secondary N) is 2. The molecular formula is C29H27F2N7O2. The summed E-state index contributed by atoms with van der Waals surface area (Å²) in [5, 5.41) is 11.8. The van der Waals surface area contributed by atoms with Crippen LogP contribution in [-0.4, -0.2) is 41.1 Å². The van der Waals surface area contributed by atoms with Gasteiger partial charge in [-0.05, 0) is 49.7 Å². The summed E-state index contributed by atoms with van der Waals surface area (Å²) < 4.78 is 34.2. The van der Waals surface area contributed by atoms with Crippen molar-refractivity contribution in [1.29, 1.82) is 5.41 Å². The van der Waals surface area contributed by atoms with Crippen molar-refractivity contribution in [3.8, 4) is 5.75 Å². The number of anilines is 3. The lowest BCUT2D eigenvalue weighted by Crippen LogP contribution is -2.41. The summed E-state index contributed by atoms with van der Waals surface area (Å²) in [6.45, 7) is 3.64. The molecule has 204 valence electrons. The van der Waals surface area contributed by atoms with E-state index in [0.717, 1.165) is 5.56 Å². The summed E-state index contributed by atoms with van der Waals surface area (Å²) >= 11 is 0. The van der Waals surface area contributed by atoms with Gasteiger partial charge in [0.15, 0.2) is 11.6 Å². The monoisotopic (exact) mass is 543 g/mol. The molecule has 0 aliphatic rings. The number of amidine groups is 1. The maximum Gasteiger partial charge on any atom is 0.219 e. The molecule has 0 spiro atoms. The molecule has 40 heavy (non-hydrogen) atoms. The number of amides is 1. The van der Waals surface area contributed by atoms with Gasteiger partial charge in [0.25, 0.3) is 0 Å². The zero-order chi connectivity index (χ0) is 28.8. The summed E-state index contributed by atoms with van der Waals surface area (Å²) in [5.74, 6) is -2.56. The minimum absolute atomic E-state index is 0.0505. The van der Waals surface area contributed by atoms with Gasteiger partial charge in [0.2, 0.25) is 12.2 Å². The van der Waals surface area contributed by atoms with E-state index < -0.39 is 23.4 Å². The Kier molecular flexibility index (Phi) is 8.43. The number of ether oxygens (including phenoxy) is 1. The fourth-order valence-electron chi connectivity index (χ4n) is 4.05. The van der Waals surface area contributed by atoms with Crippen molar-refractivity contribution in [1.82, 2.24) is 9.97 Å². The number of hydrogen-bond donors (Lipinski definition) is 3. The van der Waals surface area contributed by atoms with Crippen molar-refractivity contribution in [2.75, 3.05) is 23.1 Å². The Morgan fingerprint density at radius 1 is 1.07 bits per heavy atom. The number of halogens is 2. The zero-order valence-corrected chi connectivity index (χ0v) is 22.0. The predicted molar refractivity (Wildman–Crippen MR) is 152 cm³/mol. The third kappa shape index (κ3) is 5.63. The fourth-order valence-corrected chi connectivity index (χ4v) is 4.05. The molecular weight excluding hydrogens is 516 g/mol. The van der Waals surface area contributed by atoms with Crippen molar-refractivity contribution in [2.45, 2.75) is 19.9 Å². The number of hydrogen-bond acceptors (Lipinski definition) is 8. The maximum absolute atomic E-state index is 14.9. The lowest BCUT2D eigenvalue weighted by Gasteiger charge is -2.26. The van der Waals surface area contributed by atoms with Crippen LogP contribution in [0.4, 0.5) is 31.8 Å². The molecule has 1 atom stereocenters. The number of aryl methyl sites for hydroxylation is 1. The average molecular weight is 544 g/mol. The van der Waals surface area contributed by atoms with E-state index >= 15 is 0 Å². The van der Waals surface area contributed by atoms with Crippen LogP contribution in [0.3, 0.4) is 0 Å². The first kappa shape index (κ1) is 27.8. The summed E-state index contributed by atoms with van der Waals surface area (Å²) in [5.41, 5.74) is 7.35. The van der Waals surface area contributed by atoms with Gasteiger partial charge in [-0.1, -0.05) is 36.4 Å². The molecule has 4 rings (SSSR count). The minimum Gasteiger partial charge on any atom is -0.494 e. The first-order chi connectivity index (χ1) is 19.3. The van der Waals surface area contributed by atoms with Crippen molar-refractivity contribution in [3.63, 3.8) is 0 Å². The van der Waals surface area contributed by atoms with E-state index in [2.05, 4.69) is 15.3 Å². The van der Waals surface area contributed by atoms with Crippen LogP contribution in [0.15, 0.2) is 78.0 Å². The van der Waals surface area contributed by atoms with Gasteiger partial charge >= 0.3 is 0 Å². The Morgan fingerprint density at radius 3 is 2.45 bits per heavy atom. The molecule has 1 heterocycles. The molecule has 0 aliphatic heterocycles. The van der Waals surface area contributed by atoms with Crippen molar-refractivity contribution >= 4 is 41.0 Å². The van der Waals surface area contributed by atoms with Crippen LogP contribution in [0.2, 0.25) is 0 Å². The van der Waals surface area contributed by atoms with Gasteiger partial charge in [-0.25, -0.2) is 19.4 Å². The highest BCUT2D eigenvalue weighted by Gasteiger charge is 2.26. The van der Waals surface area contributed by atoms with E-state index in [1.807, 2.05) is 37.3 Å². The summed E-state index contributed by atoms with van der Waals surface area (Å²) in [6, 6.07) is 18.1. The number of methoxy groups -OCH3 is 1. The standard InChI is InChI=1S/C29H27F2N7O2/c1-17-9-7-8-12-21(17)37-29(38(16-39)19-10-5-4-6-11-19)18(2)36-28-23(27(33)34-15-35-28)26(32)20-13-14-22(40-3)25(31)24(20)30/h4-16,18,32H,1-3H3,(H3,33,34,35,36). The van der Waals surface area contributed by atoms with Crippen LogP contribution in [0.1, 0.15) is 23.6 Å². The molecule has 9 nitrogen and oxygen atoms in total. The Hall–Kier alpha value is -5.19. The third-order valence-electron chi connectivity index (χ3n) is 6.14. The molecule has 1 amide bonds. The molecule has 0 radical (unpaired) electrons. The van der Waals surface area contributed by atoms with Crippen LogP contribution in [0, 0.1) is 24.0 Å². The molecule has 1 aromatic heterocycles. The van der Waals surface area contributed by atoms with Crippen molar-refractivity contribution in [2.24, 2.45) is 4.99 Å². The molecule has 11 heteroatoms. The smallest absolute Gasteiger partial charge is 0.219 e. The minimum atomic E-state index is -1.27. The molecule has 0 aliphatic carbocycles. The van der Waals surface area contributed by atoms with Gasteiger partial charge in [0.05, 0.1) is 30.1 Å². The number of nitrogens with two attached hydrogens (primary N) is 1. The van der Waals surface area contributed by atoms with Crippen LogP contribution in [0.5, 0.6) is 5.75 Å². The Morgan fingerprint density at radius 2 is 1.77 bits per heavy atom. The second-order valence-electron chi connectivity index (χ2n) is 8.73. The van der Waals surface area contributed by atoms with E-state index in [-0.39, 0.29) is 28.5 Å². The largest absolute Gasteiger partial charge is 0.494 e.